The van der Waals surface area contributed by atoms with Crippen LogP contribution in [0, 0.1) is 5.92 Å². The van der Waals surface area contributed by atoms with Crippen molar-refractivity contribution in [1.29, 1.82) is 0 Å². The first-order valence-electron chi connectivity index (χ1n) is 15.7. The summed E-state index contributed by atoms with van der Waals surface area (Å²) in [5, 5.41) is 5.05. The van der Waals surface area contributed by atoms with Crippen molar-refractivity contribution in [2.24, 2.45) is 5.92 Å². The Morgan fingerprint density at radius 1 is 0.727 bits per heavy atom. The van der Waals surface area contributed by atoms with Crippen LogP contribution >= 0.6 is 0 Å². The maximum absolute atomic E-state index is 6.88. The van der Waals surface area contributed by atoms with Crippen molar-refractivity contribution in [2.45, 2.75) is 37.2 Å². The van der Waals surface area contributed by atoms with Gasteiger partial charge in [0.25, 0.3) is 0 Å². The second-order valence-electron chi connectivity index (χ2n) is 12.6. The maximum atomic E-state index is 6.88. The minimum atomic E-state index is -0.221. The van der Waals surface area contributed by atoms with Crippen LogP contribution < -0.4 is 4.74 Å². The van der Waals surface area contributed by atoms with Gasteiger partial charge in [0, 0.05) is 33.9 Å². The van der Waals surface area contributed by atoms with E-state index in [4.69, 9.17) is 19.7 Å². The summed E-state index contributed by atoms with van der Waals surface area (Å²) in [4.78, 5) is 15.3. The molecule has 3 atom stereocenters. The fourth-order valence-electron chi connectivity index (χ4n) is 7.98. The zero-order chi connectivity index (χ0) is 28.8. The molecule has 210 valence electrons. The molecule has 0 amide bonds. The van der Waals surface area contributed by atoms with Crippen LogP contribution in [0.25, 0.3) is 55.4 Å². The number of allylic oxidation sites excluding steroid dienone is 4. The van der Waals surface area contributed by atoms with Gasteiger partial charge in [-0.2, -0.15) is 0 Å². The van der Waals surface area contributed by atoms with Crippen molar-refractivity contribution in [1.82, 2.24) is 15.0 Å². The molecule has 0 saturated heterocycles. The molecule has 44 heavy (non-hydrogen) atoms. The van der Waals surface area contributed by atoms with E-state index < -0.39 is 0 Å². The van der Waals surface area contributed by atoms with E-state index in [2.05, 4.69) is 97.1 Å². The van der Waals surface area contributed by atoms with Gasteiger partial charge in [-0.3, -0.25) is 0 Å². The van der Waals surface area contributed by atoms with Crippen LogP contribution in [0.5, 0.6) is 5.75 Å². The van der Waals surface area contributed by atoms with Gasteiger partial charge in [-0.15, -0.1) is 0 Å². The molecule has 3 aliphatic carbocycles. The summed E-state index contributed by atoms with van der Waals surface area (Å²) in [5.74, 6) is 3.94. The van der Waals surface area contributed by atoms with Gasteiger partial charge in [0.15, 0.2) is 11.6 Å². The Kier molecular flexibility index (Phi) is 4.96. The van der Waals surface area contributed by atoms with Gasteiger partial charge in [0.05, 0.1) is 0 Å². The van der Waals surface area contributed by atoms with Gasteiger partial charge < -0.3 is 4.74 Å². The number of ether oxygens (including phenoxy) is 1. The molecule has 10 rings (SSSR count). The van der Waals surface area contributed by atoms with Gasteiger partial charge in [0.2, 0.25) is 0 Å². The van der Waals surface area contributed by atoms with E-state index in [9.17, 15) is 0 Å². The number of fused-ring (bicyclic) bond motifs is 5. The van der Waals surface area contributed by atoms with E-state index in [1.54, 1.807) is 0 Å². The first-order chi connectivity index (χ1) is 21.8. The zero-order valence-electron chi connectivity index (χ0n) is 24.2. The van der Waals surface area contributed by atoms with Crippen molar-refractivity contribution in [3.8, 4) is 39.7 Å². The van der Waals surface area contributed by atoms with Crippen LogP contribution in [-0.2, 0) is 12.0 Å². The molecular weight excluding hydrogens is 538 g/mol. The molecule has 1 spiro atoms. The Morgan fingerprint density at radius 3 is 2.52 bits per heavy atom. The van der Waals surface area contributed by atoms with E-state index in [-0.39, 0.29) is 11.5 Å². The van der Waals surface area contributed by atoms with Gasteiger partial charge in [-0.25, -0.2) is 15.0 Å². The molecule has 6 aromatic rings. The number of aromatic nitrogens is 3. The quantitative estimate of drug-likeness (QED) is 0.200. The number of benzene rings is 5. The van der Waals surface area contributed by atoms with Crippen LogP contribution in [0.2, 0.25) is 0 Å². The lowest BCUT2D eigenvalue weighted by molar-refractivity contribution is 0.179. The molecule has 3 unspecified atom stereocenters. The van der Waals surface area contributed by atoms with Gasteiger partial charge in [0.1, 0.15) is 17.2 Å². The number of nitrogens with zero attached hydrogens (tertiary/aromatic N) is 3. The molecule has 4 nitrogen and oxygen atoms in total. The molecule has 1 saturated carbocycles. The minimum absolute atomic E-state index is 0.137. The predicted molar refractivity (Wildman–Crippen MR) is 176 cm³/mol. The van der Waals surface area contributed by atoms with Crippen LogP contribution in [0.3, 0.4) is 0 Å². The number of hydrogen-bond acceptors (Lipinski definition) is 4. The molecule has 4 heteroatoms. The topological polar surface area (TPSA) is 47.9 Å². The van der Waals surface area contributed by atoms with Crippen LogP contribution in [-0.4, -0.2) is 15.0 Å². The number of rotatable bonds is 3. The first-order valence-corrected chi connectivity index (χ1v) is 15.7. The molecule has 2 heterocycles. The lowest BCUT2D eigenvalue weighted by atomic mass is 9.85. The lowest BCUT2D eigenvalue weighted by Gasteiger charge is -2.18. The van der Waals surface area contributed by atoms with E-state index in [0.29, 0.717) is 5.92 Å². The molecule has 0 bridgehead atoms. The van der Waals surface area contributed by atoms with E-state index in [1.807, 2.05) is 18.2 Å². The monoisotopic (exact) mass is 567 g/mol. The Labute approximate surface area is 255 Å². The van der Waals surface area contributed by atoms with Crippen LogP contribution in [0.15, 0.2) is 115 Å². The molecule has 1 fully saturated rings. The summed E-state index contributed by atoms with van der Waals surface area (Å²) >= 11 is 0. The smallest absolute Gasteiger partial charge is 0.163 e. The summed E-state index contributed by atoms with van der Waals surface area (Å²) in [6.45, 7) is 0. The van der Waals surface area contributed by atoms with Gasteiger partial charge in [-0.1, -0.05) is 103 Å². The van der Waals surface area contributed by atoms with Crippen LogP contribution in [0.4, 0.5) is 0 Å². The summed E-state index contributed by atoms with van der Waals surface area (Å²) < 4.78 is 6.88. The van der Waals surface area contributed by atoms with Gasteiger partial charge >= 0.3 is 0 Å². The molecular formula is C40H29N3O. The van der Waals surface area contributed by atoms with Crippen molar-refractivity contribution < 1.29 is 4.74 Å². The van der Waals surface area contributed by atoms with Crippen molar-refractivity contribution in [3.05, 3.63) is 132 Å². The molecule has 1 aliphatic heterocycles. The second-order valence-corrected chi connectivity index (χ2v) is 12.6. The third-order valence-corrected chi connectivity index (χ3v) is 10.1. The summed E-state index contributed by atoms with van der Waals surface area (Å²) in [6, 6.07) is 32.6. The van der Waals surface area contributed by atoms with Crippen molar-refractivity contribution >= 4 is 21.5 Å². The maximum Gasteiger partial charge on any atom is 0.163 e. The molecule has 5 aromatic carbocycles. The van der Waals surface area contributed by atoms with E-state index >= 15 is 0 Å². The lowest BCUT2D eigenvalue weighted by Crippen LogP contribution is -2.14. The summed E-state index contributed by atoms with van der Waals surface area (Å²) in [5.41, 5.74) is 7.24. The second kappa shape index (κ2) is 8.96. The number of hydrogen-bond donors (Lipinski definition) is 0. The Morgan fingerprint density at radius 2 is 1.59 bits per heavy atom. The summed E-state index contributed by atoms with van der Waals surface area (Å²) in [7, 11) is 0. The molecule has 4 aliphatic rings. The average Bonchev–Trinajstić information content (AvgIpc) is 3.76. The predicted octanol–water partition coefficient (Wildman–Crippen LogP) is 9.33. The summed E-state index contributed by atoms with van der Waals surface area (Å²) in [6.07, 6.45) is 12.8. The Hall–Kier alpha value is -5.09. The SMILES string of the molecule is C1=CCCC(c2nc(-c3ccccc3)nc(-c3ccc4c(c3)c3c5c6c(cccc64)OC54CC4Cc4ccccc4-3)n2)C=C1. The zero-order valence-corrected chi connectivity index (χ0v) is 24.2. The Bertz CT molecular complexity index is 2230. The van der Waals surface area contributed by atoms with Crippen molar-refractivity contribution in [2.75, 3.05) is 0 Å². The average molecular weight is 568 g/mol. The van der Waals surface area contributed by atoms with E-state index in [1.165, 1.54) is 43.8 Å². The normalized spacial score (nSPS) is 22.3. The molecule has 0 N–H and O–H groups in total. The highest BCUT2D eigenvalue weighted by atomic mass is 16.5. The van der Waals surface area contributed by atoms with Gasteiger partial charge in [-0.05, 0) is 70.7 Å². The Balaban J connectivity index is 1.25. The highest BCUT2D eigenvalue weighted by Gasteiger charge is 2.63. The fourth-order valence-corrected chi connectivity index (χ4v) is 7.98. The largest absolute Gasteiger partial charge is 0.482 e. The minimum Gasteiger partial charge on any atom is -0.482 e. The first kappa shape index (κ1) is 24.4. The highest BCUT2D eigenvalue weighted by molar-refractivity contribution is 6.19. The van der Waals surface area contributed by atoms with Crippen LogP contribution in [0.1, 0.15) is 42.1 Å². The molecule has 1 aromatic heterocycles. The highest BCUT2D eigenvalue weighted by Crippen LogP contribution is 2.67. The third-order valence-electron chi connectivity index (χ3n) is 10.1. The third kappa shape index (κ3) is 3.42. The fraction of sp³-hybridized carbons (Fsp3) is 0.175. The van der Waals surface area contributed by atoms with E-state index in [0.717, 1.165) is 60.0 Å². The standard InChI is InChI=1S/C40H29N3O/c1-2-5-12-24(11-4-1)37-41-38(25-13-6-3-7-14-25)43-39(42-37)27-19-20-30-31-17-10-18-33-35(31)36-34(32(30)22-27)29-16-9-8-15-26(29)21-28-23-40(28,36)44-33/h1-4,6-11,13-20,22,24,28H,5,12,21,23H2. The van der Waals surface area contributed by atoms with Crippen molar-refractivity contribution in [3.63, 3.8) is 0 Å². The molecule has 0 radical (unpaired) electrons.